The fraction of sp³-hybridized carbons (Fsp3) is 0.643. The van der Waals surface area contributed by atoms with E-state index >= 15 is 0 Å². The Morgan fingerprint density at radius 1 is 1.47 bits per heavy atom. The summed E-state index contributed by atoms with van der Waals surface area (Å²) in [7, 11) is 0. The van der Waals surface area contributed by atoms with Gasteiger partial charge in [-0.2, -0.15) is 0 Å². The second-order valence-corrected chi connectivity index (χ2v) is 5.19. The van der Waals surface area contributed by atoms with Crippen LogP contribution in [0.1, 0.15) is 50.0 Å². The lowest BCUT2D eigenvalue weighted by atomic mass is 9.96. The van der Waals surface area contributed by atoms with Crippen LogP contribution in [0.4, 0.5) is 0 Å². The van der Waals surface area contributed by atoms with Gasteiger partial charge >= 0.3 is 5.97 Å². The van der Waals surface area contributed by atoms with Gasteiger partial charge in [-0.25, -0.2) is 0 Å². The van der Waals surface area contributed by atoms with Gasteiger partial charge in [-0.15, -0.1) is 0 Å². The lowest BCUT2D eigenvalue weighted by Crippen LogP contribution is -2.42. The Labute approximate surface area is 113 Å². The van der Waals surface area contributed by atoms with Crippen LogP contribution >= 0.6 is 0 Å². The van der Waals surface area contributed by atoms with E-state index in [9.17, 15) is 4.79 Å². The van der Waals surface area contributed by atoms with E-state index in [2.05, 4.69) is 21.8 Å². The van der Waals surface area contributed by atoms with Gasteiger partial charge in [0.25, 0.3) is 0 Å². The number of rotatable bonds is 4. The third-order valence-corrected chi connectivity index (χ3v) is 3.90. The van der Waals surface area contributed by atoms with E-state index in [0.717, 1.165) is 37.2 Å². The van der Waals surface area contributed by atoms with Crippen LogP contribution in [-0.4, -0.2) is 38.5 Å². The van der Waals surface area contributed by atoms with Gasteiger partial charge in [0, 0.05) is 18.4 Å². The number of carboxylic acids is 1. The molecule has 19 heavy (non-hydrogen) atoms. The molecule has 1 saturated heterocycles. The summed E-state index contributed by atoms with van der Waals surface area (Å²) in [6.45, 7) is 4.99. The second kappa shape index (κ2) is 6.10. The predicted octanol–water partition coefficient (Wildman–Crippen LogP) is 2.18. The Kier molecular flexibility index (Phi) is 4.47. The number of carboxylic acid groups (broad SMARTS) is 1. The molecule has 104 valence electrons. The standard InChI is InChI=1S/C14H21N3O2/c1-10-14(16-7-6-15-10)11(2)17-8-4-3-5-12(17)9-13(18)19/h6-7,11-12H,3-5,8-9H2,1-2H3,(H,18,19). The molecule has 0 aliphatic carbocycles. The molecule has 0 radical (unpaired) electrons. The molecule has 1 N–H and O–H groups in total. The summed E-state index contributed by atoms with van der Waals surface area (Å²) in [6, 6.07) is 0.237. The third-order valence-electron chi connectivity index (χ3n) is 3.90. The molecule has 0 amide bonds. The van der Waals surface area contributed by atoms with Gasteiger partial charge in [0.2, 0.25) is 0 Å². The number of nitrogens with zero attached hydrogens (tertiary/aromatic N) is 3. The smallest absolute Gasteiger partial charge is 0.304 e. The molecule has 2 atom stereocenters. The van der Waals surface area contributed by atoms with Gasteiger partial charge in [0.15, 0.2) is 0 Å². The van der Waals surface area contributed by atoms with Gasteiger partial charge in [-0.3, -0.25) is 19.7 Å². The lowest BCUT2D eigenvalue weighted by molar-refractivity contribution is -0.139. The minimum Gasteiger partial charge on any atom is -0.481 e. The number of aryl methyl sites for hydroxylation is 1. The summed E-state index contributed by atoms with van der Waals surface area (Å²) >= 11 is 0. The fourth-order valence-electron chi connectivity index (χ4n) is 2.94. The van der Waals surface area contributed by atoms with Crippen molar-refractivity contribution >= 4 is 5.97 Å². The van der Waals surface area contributed by atoms with Crippen LogP contribution in [0.2, 0.25) is 0 Å². The molecule has 1 aromatic heterocycles. The highest BCUT2D eigenvalue weighted by atomic mass is 16.4. The molecule has 2 heterocycles. The highest BCUT2D eigenvalue weighted by molar-refractivity contribution is 5.67. The second-order valence-electron chi connectivity index (χ2n) is 5.19. The summed E-state index contributed by atoms with van der Waals surface area (Å²) in [5.74, 6) is -0.722. The van der Waals surface area contributed by atoms with E-state index < -0.39 is 5.97 Å². The maximum atomic E-state index is 11.0. The van der Waals surface area contributed by atoms with Crippen molar-refractivity contribution in [2.45, 2.75) is 51.6 Å². The van der Waals surface area contributed by atoms with Crippen molar-refractivity contribution in [2.75, 3.05) is 6.54 Å². The molecule has 5 heteroatoms. The number of aromatic nitrogens is 2. The van der Waals surface area contributed by atoms with Crippen molar-refractivity contribution in [2.24, 2.45) is 0 Å². The van der Waals surface area contributed by atoms with Gasteiger partial charge in [-0.05, 0) is 33.2 Å². The topological polar surface area (TPSA) is 66.3 Å². The maximum absolute atomic E-state index is 11.0. The summed E-state index contributed by atoms with van der Waals surface area (Å²) < 4.78 is 0. The molecule has 2 rings (SSSR count). The van der Waals surface area contributed by atoms with E-state index in [1.54, 1.807) is 12.4 Å². The minimum atomic E-state index is -0.722. The summed E-state index contributed by atoms with van der Waals surface area (Å²) in [5.41, 5.74) is 1.88. The SMILES string of the molecule is Cc1nccnc1C(C)N1CCCCC1CC(=O)O. The first-order valence-corrected chi connectivity index (χ1v) is 6.84. The van der Waals surface area contributed by atoms with Gasteiger partial charge < -0.3 is 5.11 Å². The van der Waals surface area contributed by atoms with Crippen LogP contribution in [0, 0.1) is 6.92 Å². The van der Waals surface area contributed by atoms with Crippen LogP contribution in [0.5, 0.6) is 0 Å². The molecular formula is C14H21N3O2. The van der Waals surface area contributed by atoms with Crippen LogP contribution in [0.3, 0.4) is 0 Å². The number of aliphatic carboxylic acids is 1. The average molecular weight is 263 g/mol. The normalized spacial score (nSPS) is 22.1. The quantitative estimate of drug-likeness (QED) is 0.901. The Bertz CT molecular complexity index is 450. The van der Waals surface area contributed by atoms with Crippen molar-refractivity contribution in [1.82, 2.24) is 14.9 Å². The fourth-order valence-corrected chi connectivity index (χ4v) is 2.94. The summed E-state index contributed by atoms with van der Waals surface area (Å²) in [4.78, 5) is 21.9. The van der Waals surface area contributed by atoms with E-state index in [1.807, 2.05) is 6.92 Å². The molecule has 0 saturated carbocycles. The van der Waals surface area contributed by atoms with Crippen LogP contribution in [-0.2, 0) is 4.79 Å². The predicted molar refractivity (Wildman–Crippen MR) is 71.8 cm³/mol. The number of hydrogen-bond donors (Lipinski definition) is 1. The first-order chi connectivity index (χ1) is 9.09. The molecule has 0 spiro atoms. The zero-order chi connectivity index (χ0) is 13.8. The molecule has 2 unspecified atom stereocenters. The first kappa shape index (κ1) is 13.9. The number of likely N-dealkylation sites (tertiary alicyclic amines) is 1. The van der Waals surface area contributed by atoms with Crippen molar-refractivity contribution < 1.29 is 9.90 Å². The van der Waals surface area contributed by atoms with Crippen molar-refractivity contribution in [1.29, 1.82) is 0 Å². The maximum Gasteiger partial charge on any atom is 0.304 e. The van der Waals surface area contributed by atoms with E-state index in [0.29, 0.717) is 0 Å². The van der Waals surface area contributed by atoms with Crippen LogP contribution in [0.25, 0.3) is 0 Å². The molecule has 1 aliphatic heterocycles. The van der Waals surface area contributed by atoms with Crippen molar-refractivity contribution in [3.05, 3.63) is 23.8 Å². The molecule has 0 aromatic carbocycles. The first-order valence-electron chi connectivity index (χ1n) is 6.84. The number of piperidine rings is 1. The molecular weight excluding hydrogens is 242 g/mol. The van der Waals surface area contributed by atoms with Crippen LogP contribution in [0.15, 0.2) is 12.4 Å². The van der Waals surface area contributed by atoms with E-state index in [1.165, 1.54) is 0 Å². The van der Waals surface area contributed by atoms with Gasteiger partial charge in [0.05, 0.1) is 23.9 Å². The molecule has 1 fully saturated rings. The van der Waals surface area contributed by atoms with Crippen LogP contribution < -0.4 is 0 Å². The highest BCUT2D eigenvalue weighted by Crippen LogP contribution is 2.29. The minimum absolute atomic E-state index is 0.114. The largest absolute Gasteiger partial charge is 0.481 e. The highest BCUT2D eigenvalue weighted by Gasteiger charge is 2.30. The van der Waals surface area contributed by atoms with Crippen molar-refractivity contribution in [3.8, 4) is 0 Å². The Morgan fingerprint density at radius 2 is 2.21 bits per heavy atom. The number of carbonyl (C=O) groups is 1. The molecule has 1 aliphatic rings. The molecule has 0 bridgehead atoms. The van der Waals surface area contributed by atoms with Gasteiger partial charge in [-0.1, -0.05) is 6.42 Å². The molecule has 1 aromatic rings. The summed E-state index contributed by atoms with van der Waals surface area (Å²) in [5, 5.41) is 9.04. The Balaban J connectivity index is 2.17. The average Bonchev–Trinajstić information content (AvgIpc) is 2.38. The number of hydrogen-bond acceptors (Lipinski definition) is 4. The third kappa shape index (κ3) is 3.29. The monoisotopic (exact) mass is 263 g/mol. The summed E-state index contributed by atoms with van der Waals surface area (Å²) in [6.07, 6.45) is 6.80. The zero-order valence-corrected chi connectivity index (χ0v) is 11.5. The Morgan fingerprint density at radius 3 is 2.89 bits per heavy atom. The zero-order valence-electron chi connectivity index (χ0n) is 11.5. The van der Waals surface area contributed by atoms with Gasteiger partial charge in [0.1, 0.15) is 0 Å². The molecule has 5 nitrogen and oxygen atoms in total. The Hall–Kier alpha value is -1.49. The lowest BCUT2D eigenvalue weighted by Gasteiger charge is -2.39. The van der Waals surface area contributed by atoms with Crippen molar-refractivity contribution in [3.63, 3.8) is 0 Å². The van der Waals surface area contributed by atoms with E-state index in [4.69, 9.17) is 5.11 Å². The van der Waals surface area contributed by atoms with E-state index in [-0.39, 0.29) is 18.5 Å².